The summed E-state index contributed by atoms with van der Waals surface area (Å²) in [6, 6.07) is 19.0. The van der Waals surface area contributed by atoms with E-state index in [2.05, 4.69) is 26.2 Å². The van der Waals surface area contributed by atoms with Crippen LogP contribution in [0.3, 0.4) is 0 Å². The third-order valence-corrected chi connectivity index (χ3v) is 6.51. The average Bonchev–Trinajstić information content (AvgIpc) is 3.08. The van der Waals surface area contributed by atoms with Crippen LogP contribution in [0.25, 0.3) is 10.8 Å². The molecule has 33 heavy (non-hydrogen) atoms. The zero-order valence-corrected chi connectivity index (χ0v) is 18.4. The van der Waals surface area contributed by atoms with Gasteiger partial charge >= 0.3 is 6.03 Å². The number of anilines is 1. The lowest BCUT2D eigenvalue weighted by Crippen LogP contribution is -2.51. The van der Waals surface area contributed by atoms with E-state index in [1.165, 1.54) is 4.90 Å². The Morgan fingerprint density at radius 3 is 2.55 bits per heavy atom. The number of hydrogen-bond acceptors (Lipinski definition) is 6. The Kier molecular flexibility index (Phi) is 5.19. The van der Waals surface area contributed by atoms with Crippen LogP contribution >= 0.6 is 0 Å². The minimum Gasteiger partial charge on any atom is -0.354 e. The van der Waals surface area contributed by atoms with E-state index in [0.717, 1.165) is 22.2 Å². The molecule has 8 heteroatoms. The summed E-state index contributed by atoms with van der Waals surface area (Å²) in [5.74, 6) is 0.529. The summed E-state index contributed by atoms with van der Waals surface area (Å²) >= 11 is 0. The van der Waals surface area contributed by atoms with Gasteiger partial charge in [0.2, 0.25) is 0 Å². The highest BCUT2D eigenvalue weighted by atomic mass is 16.2. The minimum absolute atomic E-state index is 0.242. The van der Waals surface area contributed by atoms with Crippen LogP contribution in [0.5, 0.6) is 0 Å². The number of carbonyl (C=O) groups is 2. The van der Waals surface area contributed by atoms with Crippen molar-refractivity contribution in [3.63, 3.8) is 0 Å². The molecule has 2 aliphatic heterocycles. The summed E-state index contributed by atoms with van der Waals surface area (Å²) < 4.78 is 0. The van der Waals surface area contributed by atoms with Crippen LogP contribution in [0.2, 0.25) is 0 Å². The van der Waals surface area contributed by atoms with Crippen molar-refractivity contribution in [2.75, 3.05) is 37.7 Å². The predicted molar refractivity (Wildman–Crippen MR) is 124 cm³/mol. The molecule has 1 unspecified atom stereocenters. The monoisotopic (exact) mass is 440 g/mol. The molecule has 0 spiro atoms. The van der Waals surface area contributed by atoms with E-state index in [4.69, 9.17) is 5.26 Å². The van der Waals surface area contributed by atoms with Crippen LogP contribution in [-0.4, -0.2) is 59.6 Å². The number of benzene rings is 2. The molecular weight excluding hydrogens is 416 g/mol. The van der Waals surface area contributed by atoms with Crippen LogP contribution in [0.4, 0.5) is 10.6 Å². The van der Waals surface area contributed by atoms with Gasteiger partial charge in [-0.3, -0.25) is 9.69 Å². The maximum Gasteiger partial charge on any atom is 0.326 e. The molecule has 0 saturated carbocycles. The van der Waals surface area contributed by atoms with E-state index in [-0.39, 0.29) is 18.6 Å². The number of nitrogens with one attached hydrogen (secondary N) is 1. The Morgan fingerprint density at radius 2 is 1.79 bits per heavy atom. The van der Waals surface area contributed by atoms with Crippen molar-refractivity contribution in [3.8, 4) is 6.07 Å². The molecule has 3 heterocycles. The van der Waals surface area contributed by atoms with Gasteiger partial charge in [0, 0.05) is 32.4 Å². The number of fused-ring (bicyclic) bond motifs is 1. The van der Waals surface area contributed by atoms with Crippen molar-refractivity contribution in [1.82, 2.24) is 20.1 Å². The van der Waals surface area contributed by atoms with Gasteiger partial charge in [0.15, 0.2) is 0 Å². The zero-order chi connectivity index (χ0) is 23.0. The molecule has 1 N–H and O–H groups in total. The first-order valence-corrected chi connectivity index (χ1v) is 10.9. The fourth-order valence-electron chi connectivity index (χ4n) is 4.50. The van der Waals surface area contributed by atoms with Crippen molar-refractivity contribution in [3.05, 3.63) is 71.9 Å². The molecule has 0 aliphatic carbocycles. The molecule has 1 aromatic heterocycles. The number of rotatable bonds is 4. The van der Waals surface area contributed by atoms with E-state index >= 15 is 0 Å². The van der Waals surface area contributed by atoms with Crippen LogP contribution in [-0.2, 0) is 10.3 Å². The quantitative estimate of drug-likeness (QED) is 0.627. The molecule has 0 bridgehead atoms. The molecule has 1 atom stereocenters. The molecule has 8 nitrogen and oxygen atoms in total. The summed E-state index contributed by atoms with van der Waals surface area (Å²) in [5.41, 5.74) is 0.259. The number of nitrogens with zero attached hydrogens (tertiary/aromatic N) is 5. The molecule has 2 saturated heterocycles. The molecular formula is C25H24N6O2. The van der Waals surface area contributed by atoms with Gasteiger partial charge in [0.25, 0.3) is 5.91 Å². The lowest BCUT2D eigenvalue weighted by atomic mass is 9.90. The number of carbonyl (C=O) groups excluding carboxylic acids is 2. The molecule has 166 valence electrons. The van der Waals surface area contributed by atoms with Crippen LogP contribution < -0.4 is 10.2 Å². The largest absolute Gasteiger partial charge is 0.354 e. The fraction of sp³-hybridized carbons (Fsp3) is 0.280. The standard InChI is InChI=1S/C25H24N6O2/c1-25(21-7-6-19-4-2-3-5-20(19)15-21)23(32)31(24(33)28-25)17-29-10-12-30(13-11-29)22-14-18(16-26)8-9-27-22/h2-9,14-15H,10-13,17H2,1H3,(H,28,33). The van der Waals surface area contributed by atoms with Crippen molar-refractivity contribution in [2.24, 2.45) is 0 Å². The molecule has 5 rings (SSSR count). The van der Waals surface area contributed by atoms with Gasteiger partial charge in [-0.05, 0) is 41.5 Å². The second kappa shape index (κ2) is 8.19. The summed E-state index contributed by atoms with van der Waals surface area (Å²) in [6.45, 7) is 4.78. The van der Waals surface area contributed by atoms with Gasteiger partial charge in [0.1, 0.15) is 11.4 Å². The highest BCUT2D eigenvalue weighted by Crippen LogP contribution is 2.31. The molecule has 2 aliphatic rings. The Morgan fingerprint density at radius 1 is 1.03 bits per heavy atom. The Bertz CT molecular complexity index is 1280. The van der Waals surface area contributed by atoms with E-state index < -0.39 is 5.54 Å². The average molecular weight is 441 g/mol. The highest BCUT2D eigenvalue weighted by molar-refractivity contribution is 6.07. The third kappa shape index (κ3) is 3.77. The van der Waals surface area contributed by atoms with Gasteiger partial charge in [-0.15, -0.1) is 0 Å². The summed E-state index contributed by atoms with van der Waals surface area (Å²) in [4.78, 5) is 36.0. The van der Waals surface area contributed by atoms with Crippen LogP contribution in [0, 0.1) is 11.3 Å². The fourth-order valence-corrected chi connectivity index (χ4v) is 4.50. The first-order valence-electron chi connectivity index (χ1n) is 10.9. The highest BCUT2D eigenvalue weighted by Gasteiger charge is 2.49. The summed E-state index contributed by atoms with van der Waals surface area (Å²) in [5, 5.41) is 14.1. The third-order valence-electron chi connectivity index (χ3n) is 6.51. The smallest absolute Gasteiger partial charge is 0.326 e. The SMILES string of the molecule is CC1(c2ccc3ccccc3c2)NC(=O)N(CN2CCN(c3cc(C#N)ccn3)CC2)C1=O. The number of aromatic nitrogens is 1. The number of nitriles is 1. The number of urea groups is 1. The molecule has 2 aromatic carbocycles. The van der Waals surface area contributed by atoms with Gasteiger partial charge in [-0.1, -0.05) is 36.4 Å². The maximum atomic E-state index is 13.4. The first kappa shape index (κ1) is 20.9. The van der Waals surface area contributed by atoms with Crippen LogP contribution in [0.1, 0.15) is 18.1 Å². The second-order valence-corrected chi connectivity index (χ2v) is 8.61. The lowest BCUT2D eigenvalue weighted by molar-refractivity contribution is -0.132. The molecule has 2 fully saturated rings. The lowest BCUT2D eigenvalue weighted by Gasteiger charge is -2.36. The van der Waals surface area contributed by atoms with Crippen molar-refractivity contribution >= 4 is 28.5 Å². The van der Waals surface area contributed by atoms with E-state index in [1.807, 2.05) is 42.5 Å². The van der Waals surface area contributed by atoms with E-state index in [1.54, 1.807) is 25.3 Å². The van der Waals surface area contributed by atoms with Gasteiger partial charge < -0.3 is 10.2 Å². The number of amides is 3. The summed E-state index contributed by atoms with van der Waals surface area (Å²) in [7, 11) is 0. The molecule has 3 amide bonds. The van der Waals surface area contributed by atoms with Gasteiger partial charge in [-0.25, -0.2) is 14.7 Å². The number of hydrogen-bond donors (Lipinski definition) is 1. The predicted octanol–water partition coefficient (Wildman–Crippen LogP) is 2.65. The van der Waals surface area contributed by atoms with Gasteiger partial charge in [-0.2, -0.15) is 5.26 Å². The van der Waals surface area contributed by atoms with E-state index in [0.29, 0.717) is 31.7 Å². The Hall–Kier alpha value is -3.96. The first-order chi connectivity index (χ1) is 16.0. The molecule has 3 aromatic rings. The summed E-state index contributed by atoms with van der Waals surface area (Å²) in [6.07, 6.45) is 1.64. The van der Waals surface area contributed by atoms with Gasteiger partial charge in [0.05, 0.1) is 18.3 Å². The Balaban J connectivity index is 1.27. The molecule has 0 radical (unpaired) electrons. The van der Waals surface area contributed by atoms with Crippen molar-refractivity contribution in [1.29, 1.82) is 5.26 Å². The number of imide groups is 1. The van der Waals surface area contributed by atoms with Crippen molar-refractivity contribution < 1.29 is 9.59 Å². The van der Waals surface area contributed by atoms with E-state index in [9.17, 15) is 9.59 Å². The minimum atomic E-state index is -1.09. The Labute approximate surface area is 192 Å². The zero-order valence-electron chi connectivity index (χ0n) is 18.4. The van der Waals surface area contributed by atoms with Crippen LogP contribution in [0.15, 0.2) is 60.8 Å². The second-order valence-electron chi connectivity index (χ2n) is 8.61. The maximum absolute atomic E-state index is 13.4. The number of piperazine rings is 1. The topological polar surface area (TPSA) is 92.6 Å². The number of pyridine rings is 1. The normalized spacial score (nSPS) is 21.3. The van der Waals surface area contributed by atoms with Crippen molar-refractivity contribution in [2.45, 2.75) is 12.5 Å².